The summed E-state index contributed by atoms with van der Waals surface area (Å²) in [7, 11) is 1.37. The summed E-state index contributed by atoms with van der Waals surface area (Å²) in [6.45, 7) is 10.7. The van der Waals surface area contributed by atoms with Gasteiger partial charge in [-0.3, -0.25) is 0 Å². The molecule has 6 rings (SSSR count). The lowest BCUT2D eigenvalue weighted by Crippen LogP contribution is -2.59. The van der Waals surface area contributed by atoms with Crippen LogP contribution in [0.5, 0.6) is 5.75 Å². The SMILES string of the molecule is COc1cccc(F)c1-c1c(Cl)cc2c(N3C[C@@H](C)N(C(=O)OC(C)(C)C)C[C@@H]3C)nc(C3CN(C(=O)OCc4ccccc4)C3)nc2c1F. The molecule has 2 aliphatic heterocycles. The van der Waals surface area contributed by atoms with Crippen molar-refractivity contribution in [1.82, 2.24) is 19.8 Å². The van der Waals surface area contributed by atoms with E-state index in [0.29, 0.717) is 30.1 Å². The number of hydrogen-bond acceptors (Lipinski definition) is 8. The molecule has 0 radical (unpaired) electrons. The van der Waals surface area contributed by atoms with Crippen molar-refractivity contribution in [2.24, 2.45) is 0 Å². The van der Waals surface area contributed by atoms with Crippen LogP contribution in [0.1, 0.15) is 51.9 Å². The van der Waals surface area contributed by atoms with Gasteiger partial charge >= 0.3 is 12.2 Å². The van der Waals surface area contributed by atoms with E-state index in [1.54, 1.807) is 15.9 Å². The van der Waals surface area contributed by atoms with Crippen LogP contribution in [0.2, 0.25) is 5.02 Å². The number of likely N-dealkylation sites (tertiary alicyclic amines) is 1. The van der Waals surface area contributed by atoms with Gasteiger partial charge in [-0.25, -0.2) is 28.3 Å². The van der Waals surface area contributed by atoms with Gasteiger partial charge in [0.2, 0.25) is 0 Å². The fraction of sp³-hybridized carbons (Fsp3) is 0.405. The predicted octanol–water partition coefficient (Wildman–Crippen LogP) is 7.81. The quantitative estimate of drug-likeness (QED) is 0.200. The molecule has 2 amide bonds. The van der Waals surface area contributed by atoms with Gasteiger partial charge in [-0.2, -0.15) is 0 Å². The zero-order valence-corrected chi connectivity index (χ0v) is 29.6. The molecular weight excluding hydrogens is 668 g/mol. The van der Waals surface area contributed by atoms with Crippen molar-refractivity contribution in [1.29, 1.82) is 0 Å². The molecule has 1 aromatic heterocycles. The highest BCUT2D eigenvalue weighted by atomic mass is 35.5. The van der Waals surface area contributed by atoms with E-state index in [9.17, 15) is 9.59 Å². The number of amides is 2. The number of fused-ring (bicyclic) bond motifs is 1. The van der Waals surface area contributed by atoms with Crippen LogP contribution in [0.15, 0.2) is 54.6 Å². The second-order valence-electron chi connectivity index (χ2n) is 13.8. The number of nitrogens with zero attached hydrogens (tertiary/aromatic N) is 5. The summed E-state index contributed by atoms with van der Waals surface area (Å²) in [6, 6.07) is 14.6. The van der Waals surface area contributed by atoms with Gasteiger partial charge in [0.05, 0.1) is 23.6 Å². The van der Waals surface area contributed by atoms with Crippen LogP contribution in [0, 0.1) is 11.6 Å². The van der Waals surface area contributed by atoms with Gasteiger partial charge < -0.3 is 28.9 Å². The Balaban J connectivity index is 1.37. The molecule has 0 spiro atoms. The summed E-state index contributed by atoms with van der Waals surface area (Å²) >= 11 is 6.75. The third kappa shape index (κ3) is 6.98. The Kier molecular flexibility index (Phi) is 9.76. The number of halogens is 3. The molecule has 0 saturated carbocycles. The van der Waals surface area contributed by atoms with E-state index in [2.05, 4.69) is 4.98 Å². The van der Waals surface area contributed by atoms with Crippen molar-refractivity contribution in [3.05, 3.63) is 82.6 Å². The van der Waals surface area contributed by atoms with Crippen LogP contribution in [-0.2, 0) is 16.1 Å². The molecule has 0 N–H and O–H groups in total. The number of rotatable bonds is 6. The fourth-order valence-electron chi connectivity index (χ4n) is 6.34. The normalized spacial score (nSPS) is 18.2. The number of benzene rings is 3. The third-order valence-corrected chi connectivity index (χ3v) is 9.22. The minimum absolute atomic E-state index is 0.0416. The molecule has 2 fully saturated rings. The number of hydrogen-bond donors (Lipinski definition) is 0. The zero-order valence-electron chi connectivity index (χ0n) is 28.9. The maximum absolute atomic E-state index is 16.8. The van der Waals surface area contributed by atoms with Crippen molar-refractivity contribution in [3.63, 3.8) is 0 Å². The van der Waals surface area contributed by atoms with Crippen LogP contribution >= 0.6 is 11.6 Å². The molecule has 2 aliphatic rings. The highest BCUT2D eigenvalue weighted by Gasteiger charge is 2.39. The number of anilines is 1. The minimum atomic E-state index is -0.827. The molecule has 2 atom stereocenters. The van der Waals surface area contributed by atoms with Gasteiger partial charge in [0.25, 0.3) is 0 Å². The topological polar surface area (TPSA) is 97.3 Å². The van der Waals surface area contributed by atoms with E-state index >= 15 is 8.78 Å². The van der Waals surface area contributed by atoms with Crippen LogP contribution in [0.4, 0.5) is 24.2 Å². The van der Waals surface area contributed by atoms with E-state index in [1.807, 2.05) is 69.9 Å². The first kappa shape index (κ1) is 35.1. The molecule has 3 aromatic carbocycles. The third-order valence-electron chi connectivity index (χ3n) is 8.92. The predicted molar refractivity (Wildman–Crippen MR) is 187 cm³/mol. The Morgan fingerprint density at radius 3 is 2.32 bits per heavy atom. The van der Waals surface area contributed by atoms with E-state index in [-0.39, 0.29) is 65.1 Å². The average Bonchev–Trinajstić information content (AvgIpc) is 3.04. The molecule has 0 aliphatic carbocycles. The van der Waals surface area contributed by atoms with Crippen molar-refractivity contribution in [2.75, 3.05) is 38.2 Å². The molecule has 50 heavy (non-hydrogen) atoms. The monoisotopic (exact) mass is 707 g/mol. The molecule has 13 heteroatoms. The summed E-state index contributed by atoms with van der Waals surface area (Å²) in [6.07, 6.45) is -0.894. The summed E-state index contributed by atoms with van der Waals surface area (Å²) in [5.41, 5.74) is -0.140. The average molecular weight is 708 g/mol. The molecule has 4 aromatic rings. The van der Waals surface area contributed by atoms with Gasteiger partial charge in [-0.05, 0) is 58.4 Å². The van der Waals surface area contributed by atoms with Gasteiger partial charge in [0.1, 0.15) is 40.9 Å². The number of ether oxygens (including phenoxy) is 3. The first-order chi connectivity index (χ1) is 23.8. The Morgan fingerprint density at radius 1 is 0.920 bits per heavy atom. The minimum Gasteiger partial charge on any atom is -0.496 e. The van der Waals surface area contributed by atoms with Crippen LogP contribution in [0.25, 0.3) is 22.0 Å². The van der Waals surface area contributed by atoms with Crippen LogP contribution in [-0.4, -0.2) is 82.9 Å². The smallest absolute Gasteiger partial charge is 0.410 e. The highest BCUT2D eigenvalue weighted by molar-refractivity contribution is 6.34. The fourth-order valence-corrected chi connectivity index (χ4v) is 6.63. The van der Waals surface area contributed by atoms with Crippen LogP contribution in [0.3, 0.4) is 0 Å². The Bertz CT molecular complexity index is 1920. The summed E-state index contributed by atoms with van der Waals surface area (Å²) in [5, 5.41) is 0.290. The lowest BCUT2D eigenvalue weighted by Gasteiger charge is -2.45. The standard InChI is InChI=1S/C37H40ClF2N5O5/c1-21-17-45(36(47)50-37(3,4)5)22(2)16-44(21)34-25-15-26(38)29(30-27(39)13-10-14-28(30)48-6)31(40)32(25)41-33(42-34)24-18-43(19-24)35(46)49-20-23-11-8-7-9-12-23/h7-15,21-22,24H,16-20H2,1-6H3/t21-,22+/m0/s1. The highest BCUT2D eigenvalue weighted by Crippen LogP contribution is 2.44. The Hall–Kier alpha value is -4.71. The Morgan fingerprint density at radius 2 is 1.64 bits per heavy atom. The molecule has 3 heterocycles. The van der Waals surface area contributed by atoms with Gasteiger partial charge in [-0.1, -0.05) is 48.0 Å². The maximum atomic E-state index is 16.8. The van der Waals surface area contributed by atoms with E-state index in [0.717, 1.165) is 5.56 Å². The van der Waals surface area contributed by atoms with Crippen molar-refractivity contribution in [2.45, 2.75) is 64.8 Å². The number of piperazine rings is 1. The van der Waals surface area contributed by atoms with E-state index < -0.39 is 29.4 Å². The molecule has 0 unspecified atom stereocenters. The van der Waals surface area contributed by atoms with Crippen molar-refractivity contribution < 1.29 is 32.6 Å². The number of aromatic nitrogens is 2. The van der Waals surface area contributed by atoms with Gasteiger partial charge in [0.15, 0.2) is 5.82 Å². The number of carbonyl (C=O) groups is 2. The molecule has 0 bridgehead atoms. The first-order valence-electron chi connectivity index (χ1n) is 16.5. The largest absolute Gasteiger partial charge is 0.496 e. The lowest BCUT2D eigenvalue weighted by molar-refractivity contribution is 0.0129. The number of carbonyl (C=O) groups excluding carboxylic acids is 2. The Labute approximate surface area is 294 Å². The summed E-state index contributed by atoms with van der Waals surface area (Å²) < 4.78 is 48.6. The first-order valence-corrected chi connectivity index (χ1v) is 16.9. The second-order valence-corrected chi connectivity index (χ2v) is 14.2. The van der Waals surface area contributed by atoms with E-state index in [4.69, 9.17) is 30.8 Å². The van der Waals surface area contributed by atoms with E-state index in [1.165, 1.54) is 25.3 Å². The molecule has 2 saturated heterocycles. The molecular formula is C37H40ClF2N5O5. The number of methoxy groups -OCH3 is 1. The van der Waals surface area contributed by atoms with Crippen LogP contribution < -0.4 is 9.64 Å². The maximum Gasteiger partial charge on any atom is 0.410 e. The van der Waals surface area contributed by atoms with Crippen molar-refractivity contribution >= 4 is 40.5 Å². The van der Waals surface area contributed by atoms with Crippen molar-refractivity contribution in [3.8, 4) is 16.9 Å². The van der Waals surface area contributed by atoms with Gasteiger partial charge in [0, 0.05) is 49.2 Å². The van der Waals surface area contributed by atoms with Gasteiger partial charge in [-0.15, -0.1) is 0 Å². The second kappa shape index (κ2) is 13.9. The summed E-state index contributed by atoms with van der Waals surface area (Å²) in [5.74, 6) is -0.993. The summed E-state index contributed by atoms with van der Waals surface area (Å²) in [4.78, 5) is 40.8. The lowest BCUT2D eigenvalue weighted by atomic mass is 9.97. The molecule has 264 valence electrons. The zero-order chi connectivity index (χ0) is 35.9. The molecule has 10 nitrogen and oxygen atoms in total.